The minimum atomic E-state index is -1.28. The highest BCUT2D eigenvalue weighted by atomic mass is 35.5. The van der Waals surface area contributed by atoms with Gasteiger partial charge < -0.3 is 19.7 Å². The molecule has 0 aromatic heterocycles. The lowest BCUT2D eigenvalue weighted by Gasteiger charge is -2.26. The summed E-state index contributed by atoms with van der Waals surface area (Å²) in [4.78, 5) is 9.76. The molecular formula is C10H18Cl2O5. The number of aliphatic hydroxyl groups is 2. The summed E-state index contributed by atoms with van der Waals surface area (Å²) < 4.78 is 9.78. The SMILES string of the molecule is CC(C)[C@H](O)C(COC(=O)C(Cl)Cl)O[C@H](C)O. The first-order valence-corrected chi connectivity index (χ1v) is 6.09. The van der Waals surface area contributed by atoms with E-state index in [0.717, 1.165) is 0 Å². The molecule has 0 aromatic carbocycles. The van der Waals surface area contributed by atoms with Crippen LogP contribution in [-0.2, 0) is 14.3 Å². The van der Waals surface area contributed by atoms with Gasteiger partial charge in [-0.15, -0.1) is 0 Å². The predicted molar refractivity (Wildman–Crippen MR) is 63.9 cm³/mol. The first kappa shape index (κ1) is 16.9. The van der Waals surface area contributed by atoms with Gasteiger partial charge >= 0.3 is 5.97 Å². The molecule has 102 valence electrons. The van der Waals surface area contributed by atoms with Crippen molar-refractivity contribution in [3.05, 3.63) is 0 Å². The minimum absolute atomic E-state index is 0.111. The van der Waals surface area contributed by atoms with Gasteiger partial charge in [-0.1, -0.05) is 37.0 Å². The largest absolute Gasteiger partial charge is 0.461 e. The van der Waals surface area contributed by atoms with E-state index in [1.54, 1.807) is 13.8 Å². The zero-order chi connectivity index (χ0) is 13.6. The fraction of sp³-hybridized carbons (Fsp3) is 0.900. The topological polar surface area (TPSA) is 76.0 Å². The van der Waals surface area contributed by atoms with E-state index in [9.17, 15) is 9.90 Å². The molecule has 5 nitrogen and oxygen atoms in total. The summed E-state index contributed by atoms with van der Waals surface area (Å²) in [5.74, 6) is -0.927. The lowest BCUT2D eigenvalue weighted by Crippen LogP contribution is -2.40. The van der Waals surface area contributed by atoms with Crippen LogP contribution in [0.25, 0.3) is 0 Å². The third-order valence-corrected chi connectivity index (χ3v) is 2.36. The molecule has 0 saturated heterocycles. The van der Waals surface area contributed by atoms with E-state index in [1.807, 2.05) is 0 Å². The number of hydrogen-bond acceptors (Lipinski definition) is 5. The highest BCUT2D eigenvalue weighted by molar-refractivity contribution is 6.52. The van der Waals surface area contributed by atoms with Crippen molar-refractivity contribution in [3.8, 4) is 0 Å². The van der Waals surface area contributed by atoms with Gasteiger partial charge in [-0.25, -0.2) is 4.79 Å². The number of halogens is 2. The second-order valence-electron chi connectivity index (χ2n) is 3.94. The normalized spacial score (nSPS) is 17.0. The Morgan fingerprint density at radius 3 is 2.12 bits per heavy atom. The molecule has 0 aliphatic carbocycles. The van der Waals surface area contributed by atoms with Crippen LogP contribution in [0.2, 0.25) is 0 Å². The summed E-state index contributed by atoms with van der Waals surface area (Å²) >= 11 is 10.6. The minimum Gasteiger partial charge on any atom is -0.461 e. The van der Waals surface area contributed by atoms with Crippen molar-refractivity contribution in [2.24, 2.45) is 5.92 Å². The zero-order valence-corrected chi connectivity index (χ0v) is 11.5. The molecule has 0 bridgehead atoms. The third kappa shape index (κ3) is 7.06. The summed E-state index contributed by atoms with van der Waals surface area (Å²) in [6.45, 7) is 4.72. The second-order valence-corrected chi connectivity index (χ2v) is 5.04. The lowest BCUT2D eigenvalue weighted by atomic mass is 10.0. The molecule has 0 spiro atoms. The summed E-state index contributed by atoms with van der Waals surface area (Å²) in [5.41, 5.74) is 0. The van der Waals surface area contributed by atoms with Crippen molar-refractivity contribution in [1.82, 2.24) is 0 Å². The Kier molecular flexibility index (Phi) is 8.07. The quantitative estimate of drug-likeness (QED) is 0.416. The Morgan fingerprint density at radius 1 is 1.24 bits per heavy atom. The third-order valence-electron chi connectivity index (χ3n) is 2.00. The van der Waals surface area contributed by atoms with Crippen LogP contribution >= 0.6 is 23.2 Å². The molecule has 0 saturated carbocycles. The van der Waals surface area contributed by atoms with E-state index in [-0.39, 0.29) is 12.5 Å². The molecule has 2 N–H and O–H groups in total. The van der Waals surface area contributed by atoms with E-state index in [1.165, 1.54) is 6.92 Å². The molecule has 1 unspecified atom stereocenters. The Labute approximate surface area is 111 Å². The summed E-state index contributed by atoms with van der Waals surface area (Å²) in [5, 5.41) is 18.9. The molecule has 0 aliphatic rings. The standard InChI is InChI=1S/C10H18Cl2O5/c1-5(2)8(14)7(17-6(3)13)4-16-10(15)9(11)12/h5-9,13-14H,4H2,1-3H3/t6-,7?,8+/m1/s1. The second kappa shape index (κ2) is 8.11. The molecular weight excluding hydrogens is 271 g/mol. The van der Waals surface area contributed by atoms with Crippen molar-refractivity contribution in [2.45, 2.75) is 44.1 Å². The lowest BCUT2D eigenvalue weighted by molar-refractivity contribution is -0.184. The molecule has 17 heavy (non-hydrogen) atoms. The van der Waals surface area contributed by atoms with Crippen molar-refractivity contribution < 1.29 is 24.5 Å². The van der Waals surface area contributed by atoms with E-state index < -0.39 is 29.3 Å². The number of carbonyl (C=O) groups excluding carboxylic acids is 1. The molecule has 0 amide bonds. The van der Waals surface area contributed by atoms with Crippen molar-refractivity contribution in [1.29, 1.82) is 0 Å². The van der Waals surface area contributed by atoms with E-state index in [4.69, 9.17) is 37.8 Å². The summed E-state index contributed by atoms with van der Waals surface area (Å²) in [6, 6.07) is 0. The average molecular weight is 289 g/mol. The monoisotopic (exact) mass is 288 g/mol. The smallest absolute Gasteiger partial charge is 0.339 e. The van der Waals surface area contributed by atoms with Crippen LogP contribution in [0.3, 0.4) is 0 Å². The number of ether oxygens (including phenoxy) is 2. The van der Waals surface area contributed by atoms with Crippen LogP contribution in [0.15, 0.2) is 0 Å². The number of alkyl halides is 2. The van der Waals surface area contributed by atoms with Crippen molar-refractivity contribution in [2.75, 3.05) is 6.61 Å². The fourth-order valence-corrected chi connectivity index (χ4v) is 1.25. The molecule has 0 heterocycles. The van der Waals surface area contributed by atoms with Gasteiger partial charge in [0, 0.05) is 0 Å². The van der Waals surface area contributed by atoms with Gasteiger partial charge in [0.25, 0.3) is 0 Å². The van der Waals surface area contributed by atoms with Crippen LogP contribution in [0.1, 0.15) is 20.8 Å². The van der Waals surface area contributed by atoms with Crippen LogP contribution in [-0.4, -0.2) is 46.1 Å². The van der Waals surface area contributed by atoms with Gasteiger partial charge in [0.15, 0.2) is 6.29 Å². The maximum absolute atomic E-state index is 11.0. The number of carbonyl (C=O) groups is 1. The molecule has 0 aromatic rings. The van der Waals surface area contributed by atoms with Gasteiger partial charge in [0.2, 0.25) is 4.84 Å². The Balaban J connectivity index is 4.34. The van der Waals surface area contributed by atoms with Crippen LogP contribution in [0.4, 0.5) is 0 Å². The Morgan fingerprint density at radius 2 is 1.76 bits per heavy atom. The molecule has 0 fully saturated rings. The highest BCUT2D eigenvalue weighted by Gasteiger charge is 2.27. The first-order valence-electron chi connectivity index (χ1n) is 5.22. The highest BCUT2D eigenvalue weighted by Crippen LogP contribution is 2.13. The molecule has 0 aliphatic heterocycles. The van der Waals surface area contributed by atoms with Crippen LogP contribution < -0.4 is 0 Å². The van der Waals surface area contributed by atoms with E-state index in [2.05, 4.69) is 0 Å². The van der Waals surface area contributed by atoms with Crippen LogP contribution in [0, 0.1) is 5.92 Å². The predicted octanol–water partition coefficient (Wildman–Crippen LogP) is 1.07. The number of aliphatic hydroxyl groups excluding tert-OH is 2. The zero-order valence-electron chi connectivity index (χ0n) is 9.97. The molecule has 3 atom stereocenters. The number of rotatable bonds is 7. The van der Waals surface area contributed by atoms with Gasteiger partial charge in [-0.3, -0.25) is 0 Å². The van der Waals surface area contributed by atoms with Gasteiger partial charge in [-0.2, -0.15) is 0 Å². The van der Waals surface area contributed by atoms with E-state index in [0.29, 0.717) is 0 Å². The van der Waals surface area contributed by atoms with Gasteiger partial charge in [0.1, 0.15) is 12.7 Å². The van der Waals surface area contributed by atoms with E-state index >= 15 is 0 Å². The van der Waals surface area contributed by atoms with Crippen molar-refractivity contribution in [3.63, 3.8) is 0 Å². The van der Waals surface area contributed by atoms with Gasteiger partial charge in [-0.05, 0) is 12.8 Å². The summed E-state index contributed by atoms with van der Waals surface area (Å²) in [6.07, 6.45) is -2.78. The van der Waals surface area contributed by atoms with Crippen molar-refractivity contribution >= 4 is 29.2 Å². The molecule has 0 rings (SSSR count). The molecule has 7 heteroatoms. The maximum atomic E-state index is 11.0. The van der Waals surface area contributed by atoms with Crippen LogP contribution in [0.5, 0.6) is 0 Å². The fourth-order valence-electron chi connectivity index (χ4n) is 1.13. The Bertz CT molecular complexity index is 233. The number of esters is 1. The maximum Gasteiger partial charge on any atom is 0.339 e. The number of hydrogen-bond donors (Lipinski definition) is 2. The molecule has 0 radical (unpaired) electrons. The summed E-state index contributed by atoms with van der Waals surface area (Å²) in [7, 11) is 0. The first-order chi connectivity index (χ1) is 7.75. The Hall–Kier alpha value is -0.0700. The van der Waals surface area contributed by atoms with Gasteiger partial charge in [0.05, 0.1) is 6.10 Å². The average Bonchev–Trinajstić information content (AvgIpc) is 2.21.